The minimum atomic E-state index is 0.876. The Labute approximate surface area is 142 Å². The first-order valence-corrected chi connectivity index (χ1v) is 9.67. The molecule has 1 atom stereocenters. The van der Waals surface area contributed by atoms with Crippen LogP contribution in [-0.4, -0.2) is 75.2 Å². The summed E-state index contributed by atoms with van der Waals surface area (Å²) in [6.45, 7) is 11.8. The van der Waals surface area contributed by atoms with E-state index in [9.17, 15) is 0 Å². The van der Waals surface area contributed by atoms with Crippen molar-refractivity contribution in [3.63, 3.8) is 0 Å². The first-order chi connectivity index (χ1) is 11.3. The normalized spacial score (nSPS) is 24.6. The van der Waals surface area contributed by atoms with Crippen LogP contribution in [0.25, 0.3) is 0 Å². The lowest BCUT2D eigenvalue weighted by Gasteiger charge is -2.30. The summed E-state index contributed by atoms with van der Waals surface area (Å²) < 4.78 is 0. The van der Waals surface area contributed by atoms with Gasteiger partial charge in [-0.25, -0.2) is 0 Å². The molecule has 2 fully saturated rings. The van der Waals surface area contributed by atoms with Crippen molar-refractivity contribution >= 4 is 5.96 Å². The molecule has 5 nitrogen and oxygen atoms in total. The van der Waals surface area contributed by atoms with Crippen molar-refractivity contribution in [2.24, 2.45) is 10.9 Å². The van der Waals surface area contributed by atoms with Crippen molar-refractivity contribution in [3.05, 3.63) is 0 Å². The SMILES string of the molecule is CN=C(NCCCN1CCCC(C)C1)NCCN1CCCCC1. The van der Waals surface area contributed by atoms with Gasteiger partial charge in [0.2, 0.25) is 0 Å². The number of guanidine groups is 1. The minimum absolute atomic E-state index is 0.876. The number of piperidine rings is 2. The van der Waals surface area contributed by atoms with Crippen molar-refractivity contribution in [2.45, 2.75) is 45.4 Å². The fourth-order valence-electron chi connectivity index (χ4n) is 3.74. The van der Waals surface area contributed by atoms with E-state index in [-0.39, 0.29) is 0 Å². The van der Waals surface area contributed by atoms with E-state index in [0.717, 1.165) is 31.5 Å². The van der Waals surface area contributed by atoms with Crippen LogP contribution >= 0.6 is 0 Å². The topological polar surface area (TPSA) is 42.9 Å². The van der Waals surface area contributed by atoms with Gasteiger partial charge in [0.15, 0.2) is 5.96 Å². The van der Waals surface area contributed by atoms with Crippen LogP contribution in [0.15, 0.2) is 4.99 Å². The summed E-state index contributed by atoms with van der Waals surface area (Å²) in [7, 11) is 1.86. The number of nitrogens with zero attached hydrogens (tertiary/aromatic N) is 3. The smallest absolute Gasteiger partial charge is 0.191 e. The number of rotatable bonds is 7. The number of nitrogens with one attached hydrogen (secondary N) is 2. The van der Waals surface area contributed by atoms with Gasteiger partial charge in [-0.1, -0.05) is 13.3 Å². The Balaban J connectivity index is 1.50. The number of hydrogen-bond acceptors (Lipinski definition) is 3. The highest BCUT2D eigenvalue weighted by Crippen LogP contribution is 2.15. The van der Waals surface area contributed by atoms with Gasteiger partial charge < -0.3 is 20.4 Å². The van der Waals surface area contributed by atoms with Gasteiger partial charge in [-0.3, -0.25) is 4.99 Å². The van der Waals surface area contributed by atoms with E-state index in [1.165, 1.54) is 71.2 Å². The lowest BCUT2D eigenvalue weighted by Crippen LogP contribution is -2.43. The molecule has 2 aliphatic rings. The minimum Gasteiger partial charge on any atom is -0.356 e. The third kappa shape index (κ3) is 7.53. The molecule has 0 radical (unpaired) electrons. The van der Waals surface area contributed by atoms with E-state index in [0.29, 0.717) is 0 Å². The third-order valence-corrected chi connectivity index (χ3v) is 5.08. The Morgan fingerprint density at radius 2 is 1.70 bits per heavy atom. The first kappa shape index (κ1) is 18.5. The Morgan fingerprint density at radius 1 is 0.957 bits per heavy atom. The van der Waals surface area contributed by atoms with Gasteiger partial charge in [-0.2, -0.15) is 0 Å². The Kier molecular flexibility index (Phi) is 8.76. The van der Waals surface area contributed by atoms with Gasteiger partial charge in [0, 0.05) is 33.2 Å². The predicted octanol–water partition coefficient (Wildman–Crippen LogP) is 1.76. The average Bonchev–Trinajstić information content (AvgIpc) is 2.58. The predicted molar refractivity (Wildman–Crippen MR) is 99.1 cm³/mol. The Morgan fingerprint density at radius 3 is 2.43 bits per heavy atom. The molecule has 0 aromatic heterocycles. The zero-order valence-electron chi connectivity index (χ0n) is 15.3. The highest BCUT2D eigenvalue weighted by atomic mass is 15.2. The molecule has 0 aliphatic carbocycles. The molecule has 0 aromatic carbocycles. The summed E-state index contributed by atoms with van der Waals surface area (Å²) >= 11 is 0. The van der Waals surface area contributed by atoms with Gasteiger partial charge in [0.05, 0.1) is 0 Å². The molecule has 5 heteroatoms. The summed E-state index contributed by atoms with van der Waals surface area (Å²) in [4.78, 5) is 9.50. The molecular formula is C18H37N5. The van der Waals surface area contributed by atoms with Crippen LogP contribution in [0, 0.1) is 5.92 Å². The number of aliphatic imine (C=N–C) groups is 1. The van der Waals surface area contributed by atoms with Gasteiger partial charge in [-0.15, -0.1) is 0 Å². The van der Waals surface area contributed by atoms with Crippen molar-refractivity contribution in [3.8, 4) is 0 Å². The molecule has 1 unspecified atom stereocenters. The second kappa shape index (κ2) is 10.9. The molecule has 134 valence electrons. The molecule has 2 aliphatic heterocycles. The molecule has 0 amide bonds. The molecule has 0 bridgehead atoms. The third-order valence-electron chi connectivity index (χ3n) is 5.08. The van der Waals surface area contributed by atoms with Crippen LogP contribution in [0.2, 0.25) is 0 Å². The van der Waals surface area contributed by atoms with E-state index < -0.39 is 0 Å². The van der Waals surface area contributed by atoms with Crippen LogP contribution < -0.4 is 10.6 Å². The summed E-state index contributed by atoms with van der Waals surface area (Å²) in [5, 5.41) is 6.90. The van der Waals surface area contributed by atoms with Gasteiger partial charge in [-0.05, 0) is 64.2 Å². The van der Waals surface area contributed by atoms with E-state index in [1.807, 2.05) is 7.05 Å². The molecular weight excluding hydrogens is 286 g/mol. The largest absolute Gasteiger partial charge is 0.356 e. The lowest BCUT2D eigenvalue weighted by atomic mass is 10.0. The second-order valence-electron chi connectivity index (χ2n) is 7.23. The van der Waals surface area contributed by atoms with Crippen LogP contribution in [-0.2, 0) is 0 Å². The van der Waals surface area contributed by atoms with E-state index in [4.69, 9.17) is 0 Å². The quantitative estimate of drug-likeness (QED) is 0.426. The summed E-state index contributed by atoms with van der Waals surface area (Å²) in [5.74, 6) is 1.83. The Bertz CT molecular complexity index is 338. The van der Waals surface area contributed by atoms with E-state index in [1.54, 1.807) is 0 Å². The van der Waals surface area contributed by atoms with E-state index >= 15 is 0 Å². The molecule has 2 N–H and O–H groups in total. The lowest BCUT2D eigenvalue weighted by molar-refractivity contribution is 0.182. The highest BCUT2D eigenvalue weighted by molar-refractivity contribution is 5.79. The number of hydrogen-bond donors (Lipinski definition) is 2. The molecule has 0 saturated carbocycles. The van der Waals surface area contributed by atoms with Gasteiger partial charge in [0.1, 0.15) is 0 Å². The second-order valence-corrected chi connectivity index (χ2v) is 7.23. The number of likely N-dealkylation sites (tertiary alicyclic amines) is 2. The zero-order valence-corrected chi connectivity index (χ0v) is 15.3. The molecule has 2 rings (SSSR count). The zero-order chi connectivity index (χ0) is 16.3. The maximum Gasteiger partial charge on any atom is 0.191 e. The highest BCUT2D eigenvalue weighted by Gasteiger charge is 2.15. The fraction of sp³-hybridized carbons (Fsp3) is 0.944. The van der Waals surface area contributed by atoms with Crippen molar-refractivity contribution in [1.82, 2.24) is 20.4 Å². The monoisotopic (exact) mass is 323 g/mol. The molecule has 2 heterocycles. The van der Waals surface area contributed by atoms with Gasteiger partial charge in [0.25, 0.3) is 0 Å². The maximum absolute atomic E-state index is 4.33. The molecule has 23 heavy (non-hydrogen) atoms. The Hall–Kier alpha value is -0.810. The summed E-state index contributed by atoms with van der Waals surface area (Å²) in [6.07, 6.45) is 8.10. The first-order valence-electron chi connectivity index (χ1n) is 9.67. The standard InChI is InChI=1S/C18H37N5/c1-17-8-6-13-23(16-17)14-7-9-20-18(19-2)21-10-15-22-11-4-3-5-12-22/h17H,3-16H2,1-2H3,(H2,19,20,21). The van der Waals surface area contributed by atoms with Crippen molar-refractivity contribution < 1.29 is 0 Å². The van der Waals surface area contributed by atoms with Crippen molar-refractivity contribution in [2.75, 3.05) is 59.4 Å². The molecule has 0 spiro atoms. The van der Waals surface area contributed by atoms with Crippen LogP contribution in [0.1, 0.15) is 45.4 Å². The fourth-order valence-corrected chi connectivity index (χ4v) is 3.74. The van der Waals surface area contributed by atoms with Gasteiger partial charge >= 0.3 is 0 Å². The van der Waals surface area contributed by atoms with Crippen LogP contribution in [0.4, 0.5) is 0 Å². The van der Waals surface area contributed by atoms with E-state index in [2.05, 4.69) is 32.3 Å². The van der Waals surface area contributed by atoms with Crippen molar-refractivity contribution in [1.29, 1.82) is 0 Å². The maximum atomic E-state index is 4.33. The van der Waals surface area contributed by atoms with Crippen LogP contribution in [0.3, 0.4) is 0 Å². The van der Waals surface area contributed by atoms with Crippen LogP contribution in [0.5, 0.6) is 0 Å². The molecule has 0 aromatic rings. The molecule has 2 saturated heterocycles. The summed E-state index contributed by atoms with van der Waals surface area (Å²) in [6, 6.07) is 0. The summed E-state index contributed by atoms with van der Waals surface area (Å²) in [5.41, 5.74) is 0. The average molecular weight is 324 g/mol.